The Morgan fingerprint density at radius 1 is 0.955 bits per heavy atom. The van der Waals surface area contributed by atoms with Crippen molar-refractivity contribution in [1.82, 2.24) is 19.9 Å². The number of carboxylic acids is 1. The Hall–Kier alpha value is -3.15. The van der Waals surface area contributed by atoms with E-state index in [9.17, 15) is 9.90 Å². The normalized spacial score (nSPS) is 10.4. The van der Waals surface area contributed by atoms with Crippen LogP contribution in [0.5, 0.6) is 0 Å². The molecule has 3 rings (SSSR count). The fourth-order valence-corrected chi connectivity index (χ4v) is 2.01. The molecular weight excluding hydrogens is 280 g/mol. The third kappa shape index (κ3) is 2.80. The second-order valence-corrected chi connectivity index (χ2v) is 4.72. The summed E-state index contributed by atoms with van der Waals surface area (Å²) in [5, 5.41) is 9.29. The zero-order valence-electron chi connectivity index (χ0n) is 11.8. The van der Waals surface area contributed by atoms with Crippen molar-refractivity contribution < 1.29 is 9.90 Å². The maximum Gasteiger partial charge on any atom is 0.335 e. The quantitative estimate of drug-likeness (QED) is 0.798. The highest BCUT2D eigenvalue weighted by molar-refractivity contribution is 5.90. The summed E-state index contributed by atoms with van der Waals surface area (Å²) in [6, 6.07) is 8.36. The number of aromatic nitrogens is 4. The van der Waals surface area contributed by atoms with Crippen LogP contribution in [0.25, 0.3) is 22.9 Å². The Labute approximate surface area is 126 Å². The van der Waals surface area contributed by atoms with Crippen LogP contribution in [0.1, 0.15) is 15.9 Å². The minimum absolute atomic E-state index is 0.121. The first-order chi connectivity index (χ1) is 10.6. The van der Waals surface area contributed by atoms with Gasteiger partial charge in [0.25, 0.3) is 0 Å². The van der Waals surface area contributed by atoms with Crippen LogP contribution in [-0.2, 0) is 0 Å². The molecule has 0 aromatic carbocycles. The summed E-state index contributed by atoms with van der Waals surface area (Å²) in [4.78, 5) is 28.3. The molecule has 0 amide bonds. The molecule has 3 aromatic rings. The van der Waals surface area contributed by atoms with Crippen molar-refractivity contribution in [2.24, 2.45) is 0 Å². The Kier molecular flexibility index (Phi) is 3.57. The van der Waals surface area contributed by atoms with Crippen LogP contribution in [0.2, 0.25) is 0 Å². The number of rotatable bonds is 3. The van der Waals surface area contributed by atoms with Gasteiger partial charge in [0.2, 0.25) is 0 Å². The van der Waals surface area contributed by atoms with E-state index in [1.54, 1.807) is 24.7 Å². The Morgan fingerprint density at radius 2 is 1.68 bits per heavy atom. The summed E-state index contributed by atoms with van der Waals surface area (Å²) in [5.74, 6) is -0.659. The van der Waals surface area contributed by atoms with Crippen LogP contribution in [0.4, 0.5) is 0 Å². The summed E-state index contributed by atoms with van der Waals surface area (Å²) in [7, 11) is 0. The molecule has 0 aliphatic heterocycles. The van der Waals surface area contributed by atoms with Gasteiger partial charge in [0.1, 0.15) is 5.69 Å². The highest BCUT2D eigenvalue weighted by Gasteiger charge is 2.13. The van der Waals surface area contributed by atoms with Gasteiger partial charge in [-0.1, -0.05) is 0 Å². The topological polar surface area (TPSA) is 88.9 Å². The number of carboxylic acid groups (broad SMARTS) is 1. The van der Waals surface area contributed by atoms with Crippen LogP contribution in [0, 0.1) is 6.92 Å². The average molecular weight is 292 g/mol. The SMILES string of the molecule is Cc1ccnc(-c2cc(C(=O)O)cc(-c3ncccn3)n2)c1. The predicted octanol–water partition coefficient (Wildman–Crippen LogP) is 2.61. The van der Waals surface area contributed by atoms with Gasteiger partial charge in [0, 0.05) is 18.6 Å². The average Bonchev–Trinajstić information content (AvgIpc) is 2.55. The lowest BCUT2D eigenvalue weighted by molar-refractivity contribution is 0.0697. The van der Waals surface area contributed by atoms with Gasteiger partial charge in [-0.25, -0.2) is 19.7 Å². The van der Waals surface area contributed by atoms with Gasteiger partial charge in [0.15, 0.2) is 5.82 Å². The molecule has 3 aromatic heterocycles. The van der Waals surface area contributed by atoms with Gasteiger partial charge in [0.05, 0.1) is 17.0 Å². The lowest BCUT2D eigenvalue weighted by atomic mass is 10.1. The van der Waals surface area contributed by atoms with Crippen molar-refractivity contribution in [3.8, 4) is 22.9 Å². The molecule has 6 heteroatoms. The van der Waals surface area contributed by atoms with Crippen molar-refractivity contribution in [3.05, 3.63) is 60.0 Å². The van der Waals surface area contributed by atoms with Gasteiger partial charge in [-0.15, -0.1) is 0 Å². The van der Waals surface area contributed by atoms with E-state index in [0.717, 1.165) is 5.56 Å². The van der Waals surface area contributed by atoms with Gasteiger partial charge < -0.3 is 5.11 Å². The molecule has 0 atom stereocenters. The third-order valence-electron chi connectivity index (χ3n) is 3.05. The van der Waals surface area contributed by atoms with Crippen LogP contribution >= 0.6 is 0 Å². The molecular formula is C16H12N4O2. The molecule has 0 spiro atoms. The molecule has 3 heterocycles. The first-order valence-corrected chi connectivity index (χ1v) is 6.59. The minimum Gasteiger partial charge on any atom is -0.478 e. The van der Waals surface area contributed by atoms with Crippen molar-refractivity contribution >= 4 is 5.97 Å². The summed E-state index contributed by atoms with van der Waals surface area (Å²) < 4.78 is 0. The predicted molar refractivity (Wildman–Crippen MR) is 80.2 cm³/mol. The molecule has 0 fully saturated rings. The number of carbonyl (C=O) groups is 1. The molecule has 0 aliphatic rings. The molecule has 0 radical (unpaired) electrons. The molecule has 0 bridgehead atoms. The first-order valence-electron chi connectivity index (χ1n) is 6.59. The Bertz CT molecular complexity index is 835. The molecule has 1 N–H and O–H groups in total. The summed E-state index contributed by atoms with van der Waals surface area (Å²) in [6.45, 7) is 1.94. The number of hydrogen-bond acceptors (Lipinski definition) is 5. The van der Waals surface area contributed by atoms with E-state index in [4.69, 9.17) is 0 Å². The standard InChI is InChI=1S/C16H12N4O2/c1-10-3-6-17-12(7-10)13-8-11(16(21)22)9-14(20-13)15-18-4-2-5-19-15/h2-9H,1H3,(H,21,22). The lowest BCUT2D eigenvalue weighted by Gasteiger charge is -2.06. The van der Waals surface area contributed by atoms with Crippen LogP contribution < -0.4 is 0 Å². The highest BCUT2D eigenvalue weighted by Crippen LogP contribution is 2.22. The van der Waals surface area contributed by atoms with E-state index in [2.05, 4.69) is 19.9 Å². The molecule has 22 heavy (non-hydrogen) atoms. The van der Waals surface area contributed by atoms with Crippen molar-refractivity contribution in [3.63, 3.8) is 0 Å². The van der Waals surface area contributed by atoms with E-state index < -0.39 is 5.97 Å². The maximum atomic E-state index is 11.3. The van der Waals surface area contributed by atoms with E-state index in [-0.39, 0.29) is 5.56 Å². The van der Waals surface area contributed by atoms with E-state index >= 15 is 0 Å². The number of hydrogen-bond donors (Lipinski definition) is 1. The zero-order valence-corrected chi connectivity index (χ0v) is 11.8. The van der Waals surface area contributed by atoms with Crippen LogP contribution in [-0.4, -0.2) is 31.0 Å². The summed E-state index contributed by atoms with van der Waals surface area (Å²) >= 11 is 0. The van der Waals surface area contributed by atoms with Gasteiger partial charge in [-0.3, -0.25) is 4.98 Å². The number of aryl methyl sites for hydroxylation is 1. The smallest absolute Gasteiger partial charge is 0.335 e. The molecule has 0 saturated heterocycles. The third-order valence-corrected chi connectivity index (χ3v) is 3.05. The molecule has 6 nitrogen and oxygen atoms in total. The van der Waals surface area contributed by atoms with Crippen molar-refractivity contribution in [2.45, 2.75) is 6.92 Å². The zero-order chi connectivity index (χ0) is 15.5. The van der Waals surface area contributed by atoms with Gasteiger partial charge in [-0.2, -0.15) is 0 Å². The van der Waals surface area contributed by atoms with E-state index in [1.807, 2.05) is 19.1 Å². The van der Waals surface area contributed by atoms with Gasteiger partial charge in [-0.05, 0) is 42.8 Å². The fraction of sp³-hybridized carbons (Fsp3) is 0.0625. The lowest BCUT2D eigenvalue weighted by Crippen LogP contribution is -2.01. The Morgan fingerprint density at radius 3 is 2.36 bits per heavy atom. The van der Waals surface area contributed by atoms with Crippen molar-refractivity contribution in [1.29, 1.82) is 0 Å². The monoisotopic (exact) mass is 292 g/mol. The fourth-order valence-electron chi connectivity index (χ4n) is 2.01. The second-order valence-electron chi connectivity index (χ2n) is 4.72. The summed E-state index contributed by atoms with van der Waals surface area (Å²) in [5.41, 5.74) is 2.63. The maximum absolute atomic E-state index is 11.3. The number of nitrogens with zero attached hydrogens (tertiary/aromatic N) is 4. The number of aromatic carboxylic acids is 1. The first kappa shape index (κ1) is 13.8. The van der Waals surface area contributed by atoms with Crippen molar-refractivity contribution in [2.75, 3.05) is 0 Å². The molecule has 0 saturated carbocycles. The Balaban J connectivity index is 2.19. The molecule has 108 valence electrons. The van der Waals surface area contributed by atoms with Crippen LogP contribution in [0.3, 0.4) is 0 Å². The minimum atomic E-state index is -1.03. The highest BCUT2D eigenvalue weighted by atomic mass is 16.4. The van der Waals surface area contributed by atoms with E-state index in [0.29, 0.717) is 22.9 Å². The molecule has 0 aliphatic carbocycles. The largest absolute Gasteiger partial charge is 0.478 e. The second kappa shape index (κ2) is 5.69. The summed E-state index contributed by atoms with van der Waals surface area (Å²) in [6.07, 6.45) is 4.84. The number of pyridine rings is 2. The van der Waals surface area contributed by atoms with Crippen LogP contribution in [0.15, 0.2) is 48.9 Å². The van der Waals surface area contributed by atoms with E-state index in [1.165, 1.54) is 12.1 Å². The molecule has 0 unspecified atom stereocenters. The van der Waals surface area contributed by atoms with Gasteiger partial charge >= 0.3 is 5.97 Å².